The molecule has 0 spiro atoms. The summed E-state index contributed by atoms with van der Waals surface area (Å²) >= 11 is 1.46. The zero-order chi connectivity index (χ0) is 16.7. The maximum atomic E-state index is 12.2. The van der Waals surface area contributed by atoms with E-state index in [4.69, 9.17) is 9.47 Å². The molecule has 7 heteroatoms. The maximum Gasteiger partial charge on any atom is 0.242 e. The first-order chi connectivity index (χ1) is 11.2. The third-order valence-corrected chi connectivity index (χ3v) is 4.29. The van der Waals surface area contributed by atoms with Gasteiger partial charge in [-0.05, 0) is 31.2 Å². The Hall–Kier alpha value is -2.12. The number of carbonyl (C=O) groups is 1. The lowest BCUT2D eigenvalue weighted by Gasteiger charge is -2.14. The van der Waals surface area contributed by atoms with Gasteiger partial charge in [-0.1, -0.05) is 6.07 Å². The van der Waals surface area contributed by atoms with Crippen molar-refractivity contribution in [2.45, 2.75) is 12.5 Å². The highest BCUT2D eigenvalue weighted by Gasteiger charge is 2.19. The quantitative estimate of drug-likeness (QED) is 0.769. The SMILES string of the molecule is CNC(C(=O)NCCc1ccc(OC)c(OC)c1)c1cncs1. The van der Waals surface area contributed by atoms with Gasteiger partial charge in [-0.25, -0.2) is 0 Å². The number of thiazole rings is 1. The van der Waals surface area contributed by atoms with Crippen molar-refractivity contribution in [3.63, 3.8) is 0 Å². The lowest BCUT2D eigenvalue weighted by Crippen LogP contribution is -2.36. The number of methoxy groups -OCH3 is 2. The fraction of sp³-hybridized carbons (Fsp3) is 0.375. The van der Waals surface area contributed by atoms with Gasteiger partial charge in [-0.15, -0.1) is 11.3 Å². The van der Waals surface area contributed by atoms with Crippen LogP contribution in [-0.4, -0.2) is 38.7 Å². The zero-order valence-corrected chi connectivity index (χ0v) is 14.3. The molecule has 0 aliphatic heterocycles. The second-order valence-electron chi connectivity index (χ2n) is 4.86. The predicted octanol–water partition coefficient (Wildman–Crippen LogP) is 1.78. The van der Waals surface area contributed by atoms with Gasteiger partial charge >= 0.3 is 0 Å². The third-order valence-electron chi connectivity index (χ3n) is 3.45. The largest absolute Gasteiger partial charge is 0.493 e. The van der Waals surface area contributed by atoms with E-state index in [1.807, 2.05) is 18.2 Å². The minimum absolute atomic E-state index is 0.0581. The van der Waals surface area contributed by atoms with Crippen molar-refractivity contribution in [3.8, 4) is 11.5 Å². The van der Waals surface area contributed by atoms with Crippen molar-refractivity contribution >= 4 is 17.2 Å². The number of carbonyl (C=O) groups excluding carboxylic acids is 1. The Morgan fingerprint density at radius 1 is 1.30 bits per heavy atom. The fourth-order valence-electron chi connectivity index (χ4n) is 2.24. The Morgan fingerprint density at radius 3 is 2.70 bits per heavy atom. The Balaban J connectivity index is 1.90. The predicted molar refractivity (Wildman–Crippen MR) is 90.2 cm³/mol. The number of amides is 1. The van der Waals surface area contributed by atoms with Crippen molar-refractivity contribution < 1.29 is 14.3 Å². The zero-order valence-electron chi connectivity index (χ0n) is 13.5. The maximum absolute atomic E-state index is 12.2. The number of hydrogen-bond donors (Lipinski definition) is 2. The molecule has 1 atom stereocenters. The molecule has 1 amide bonds. The first kappa shape index (κ1) is 17.2. The molecule has 0 fully saturated rings. The summed E-state index contributed by atoms with van der Waals surface area (Å²) in [6, 6.07) is 5.38. The molecule has 2 rings (SSSR count). The average Bonchev–Trinajstić information content (AvgIpc) is 3.09. The highest BCUT2D eigenvalue weighted by molar-refractivity contribution is 7.09. The summed E-state index contributed by atoms with van der Waals surface area (Å²) in [6.45, 7) is 0.547. The highest BCUT2D eigenvalue weighted by atomic mass is 32.1. The summed E-state index contributed by atoms with van der Waals surface area (Å²) in [5.41, 5.74) is 2.79. The van der Waals surface area contributed by atoms with Crippen LogP contribution in [0.3, 0.4) is 0 Å². The number of nitrogens with zero attached hydrogens (tertiary/aromatic N) is 1. The Labute approximate surface area is 139 Å². The van der Waals surface area contributed by atoms with Crippen LogP contribution in [0.2, 0.25) is 0 Å². The van der Waals surface area contributed by atoms with Crippen molar-refractivity contribution in [1.82, 2.24) is 15.6 Å². The van der Waals surface area contributed by atoms with Gasteiger partial charge in [-0.3, -0.25) is 9.78 Å². The molecular weight excluding hydrogens is 314 g/mol. The molecule has 1 heterocycles. The van der Waals surface area contributed by atoms with E-state index in [1.54, 1.807) is 33.0 Å². The molecule has 1 aromatic heterocycles. The van der Waals surface area contributed by atoms with Crippen molar-refractivity contribution in [1.29, 1.82) is 0 Å². The molecule has 2 N–H and O–H groups in total. The molecule has 23 heavy (non-hydrogen) atoms. The van der Waals surface area contributed by atoms with E-state index >= 15 is 0 Å². The summed E-state index contributed by atoms with van der Waals surface area (Å²) < 4.78 is 10.5. The summed E-state index contributed by atoms with van der Waals surface area (Å²) in [5, 5.41) is 5.95. The Kier molecular flexibility index (Phi) is 6.37. The minimum atomic E-state index is -0.368. The van der Waals surface area contributed by atoms with E-state index < -0.39 is 0 Å². The van der Waals surface area contributed by atoms with Crippen molar-refractivity contribution in [3.05, 3.63) is 40.3 Å². The van der Waals surface area contributed by atoms with Crippen LogP contribution in [0, 0.1) is 0 Å². The lowest BCUT2D eigenvalue weighted by atomic mass is 10.1. The van der Waals surface area contributed by atoms with E-state index in [0.29, 0.717) is 24.5 Å². The molecule has 6 nitrogen and oxygen atoms in total. The Bertz CT molecular complexity index is 632. The van der Waals surface area contributed by atoms with E-state index in [0.717, 1.165) is 10.4 Å². The van der Waals surface area contributed by atoms with Crippen LogP contribution in [0.15, 0.2) is 29.9 Å². The molecule has 0 bridgehead atoms. The molecule has 124 valence electrons. The second kappa shape index (κ2) is 8.50. The van der Waals surface area contributed by atoms with Gasteiger partial charge in [-0.2, -0.15) is 0 Å². The normalized spacial score (nSPS) is 11.8. The monoisotopic (exact) mass is 335 g/mol. The van der Waals surface area contributed by atoms with E-state index in [2.05, 4.69) is 15.6 Å². The summed E-state index contributed by atoms with van der Waals surface area (Å²) in [5.74, 6) is 1.33. The van der Waals surface area contributed by atoms with Gasteiger partial charge in [0, 0.05) is 12.7 Å². The number of likely N-dealkylation sites (N-methyl/N-ethyl adjacent to an activating group) is 1. The molecule has 0 aliphatic rings. The van der Waals surface area contributed by atoms with Crippen LogP contribution in [0.25, 0.3) is 0 Å². The van der Waals surface area contributed by atoms with Crippen LogP contribution in [0.1, 0.15) is 16.5 Å². The highest BCUT2D eigenvalue weighted by Crippen LogP contribution is 2.27. The standard InChI is InChI=1S/C16H21N3O3S/c1-17-15(14-9-18-10-23-14)16(20)19-7-6-11-4-5-12(21-2)13(8-11)22-3/h4-5,8-10,15,17H,6-7H2,1-3H3,(H,19,20). The van der Waals surface area contributed by atoms with Crippen molar-refractivity contribution in [2.24, 2.45) is 0 Å². The number of benzene rings is 1. The third kappa shape index (κ3) is 4.43. The van der Waals surface area contributed by atoms with Crippen LogP contribution in [-0.2, 0) is 11.2 Å². The molecule has 0 saturated heterocycles. The van der Waals surface area contributed by atoms with Gasteiger partial charge in [0.2, 0.25) is 5.91 Å². The van der Waals surface area contributed by atoms with Crippen LogP contribution in [0.4, 0.5) is 0 Å². The second-order valence-corrected chi connectivity index (χ2v) is 5.77. The number of rotatable bonds is 8. The number of ether oxygens (including phenoxy) is 2. The number of nitrogens with one attached hydrogen (secondary N) is 2. The molecule has 2 aromatic rings. The first-order valence-corrected chi connectivity index (χ1v) is 8.11. The molecule has 0 aliphatic carbocycles. The van der Waals surface area contributed by atoms with Crippen molar-refractivity contribution in [2.75, 3.05) is 27.8 Å². The number of aromatic nitrogens is 1. The molecule has 1 unspecified atom stereocenters. The van der Waals surface area contributed by atoms with Gasteiger partial charge in [0.05, 0.1) is 24.6 Å². The average molecular weight is 335 g/mol. The van der Waals surface area contributed by atoms with Crippen LogP contribution < -0.4 is 20.1 Å². The fourth-order valence-corrected chi connectivity index (χ4v) is 2.97. The first-order valence-electron chi connectivity index (χ1n) is 7.23. The van der Waals surface area contributed by atoms with E-state index in [-0.39, 0.29) is 11.9 Å². The Morgan fingerprint density at radius 2 is 2.09 bits per heavy atom. The smallest absolute Gasteiger partial charge is 0.242 e. The van der Waals surface area contributed by atoms with Crippen LogP contribution in [0.5, 0.6) is 11.5 Å². The molecule has 1 aromatic carbocycles. The van der Waals surface area contributed by atoms with Gasteiger partial charge < -0.3 is 20.1 Å². The molecule has 0 saturated carbocycles. The summed E-state index contributed by atoms with van der Waals surface area (Å²) in [7, 11) is 4.98. The molecule has 0 radical (unpaired) electrons. The topological polar surface area (TPSA) is 72.5 Å². The number of hydrogen-bond acceptors (Lipinski definition) is 6. The van der Waals surface area contributed by atoms with E-state index in [9.17, 15) is 4.79 Å². The van der Waals surface area contributed by atoms with Gasteiger partial charge in [0.15, 0.2) is 11.5 Å². The molecular formula is C16H21N3O3S. The lowest BCUT2D eigenvalue weighted by molar-refractivity contribution is -0.123. The minimum Gasteiger partial charge on any atom is -0.493 e. The van der Waals surface area contributed by atoms with Gasteiger partial charge in [0.25, 0.3) is 0 Å². The van der Waals surface area contributed by atoms with Crippen LogP contribution >= 0.6 is 11.3 Å². The summed E-state index contributed by atoms with van der Waals surface area (Å²) in [6.07, 6.45) is 2.42. The van der Waals surface area contributed by atoms with E-state index in [1.165, 1.54) is 11.3 Å². The summed E-state index contributed by atoms with van der Waals surface area (Å²) in [4.78, 5) is 17.2. The van der Waals surface area contributed by atoms with Gasteiger partial charge in [0.1, 0.15) is 6.04 Å².